The third kappa shape index (κ3) is 6.94. The fourth-order valence-corrected chi connectivity index (χ4v) is 5.15. The predicted molar refractivity (Wildman–Crippen MR) is 166 cm³/mol. The van der Waals surface area contributed by atoms with Gasteiger partial charge in [0.15, 0.2) is 11.5 Å². The van der Waals surface area contributed by atoms with E-state index in [1.165, 1.54) is 12.1 Å². The average molecular weight is 616 g/mol. The number of aryl methyl sites for hydroxylation is 1. The monoisotopic (exact) mass is 615 g/mol. The molecule has 1 fully saturated rings. The number of pyridine rings is 1. The smallest absolute Gasteiger partial charge is 0.339 e. The van der Waals surface area contributed by atoms with E-state index in [1.807, 2.05) is 23.7 Å². The number of carbonyl (C=O) groups is 1. The summed E-state index contributed by atoms with van der Waals surface area (Å²) in [6.07, 6.45) is 0.590. The highest BCUT2D eigenvalue weighted by Gasteiger charge is 2.30. The molecular formula is C32H32F3N9O. The molecule has 232 valence electrons. The van der Waals surface area contributed by atoms with Crippen LogP contribution in [0.3, 0.4) is 0 Å². The van der Waals surface area contributed by atoms with Crippen LogP contribution < -0.4 is 10.6 Å². The van der Waals surface area contributed by atoms with Gasteiger partial charge in [0.25, 0.3) is 5.91 Å². The molecule has 10 nitrogen and oxygen atoms in total. The van der Waals surface area contributed by atoms with Crippen LogP contribution in [0.25, 0.3) is 22.4 Å². The highest BCUT2D eigenvalue weighted by molar-refractivity contribution is 6.05. The van der Waals surface area contributed by atoms with Crippen molar-refractivity contribution in [2.75, 3.05) is 50.4 Å². The van der Waals surface area contributed by atoms with Gasteiger partial charge in [-0.05, 0) is 62.0 Å². The standard InChI is InChI=1S/C32H32F3N9O/c1-21-8-9-22(31(45)38-25-7-3-6-24(18-25)32(33,34)35)17-27(21)39-29-26-20-37-44(16-15-43-13-11-42(2)12-14-43)30(26)41-28(40-29)23-5-4-10-36-19-23/h3-10,17-20H,11-16H2,1-2H3,(H,38,45)(H,39,40,41). The number of piperazine rings is 1. The second kappa shape index (κ2) is 12.6. The highest BCUT2D eigenvalue weighted by atomic mass is 19.4. The normalized spacial score (nSPS) is 14.5. The summed E-state index contributed by atoms with van der Waals surface area (Å²) in [6, 6.07) is 13.3. The number of fused-ring (bicyclic) bond motifs is 1. The first-order valence-electron chi connectivity index (χ1n) is 14.6. The fourth-order valence-electron chi connectivity index (χ4n) is 5.15. The molecule has 2 aromatic carbocycles. The summed E-state index contributed by atoms with van der Waals surface area (Å²) in [5.74, 6) is 0.428. The number of amides is 1. The van der Waals surface area contributed by atoms with Crippen LogP contribution in [0.5, 0.6) is 0 Å². The van der Waals surface area contributed by atoms with Gasteiger partial charge in [0.2, 0.25) is 0 Å². The topological polar surface area (TPSA) is 104 Å². The van der Waals surface area contributed by atoms with Gasteiger partial charge in [-0.25, -0.2) is 14.6 Å². The molecule has 1 saturated heterocycles. The maximum atomic E-state index is 13.2. The van der Waals surface area contributed by atoms with Crippen molar-refractivity contribution in [3.05, 3.63) is 89.9 Å². The summed E-state index contributed by atoms with van der Waals surface area (Å²) in [5, 5.41) is 11.3. The number of benzene rings is 2. The van der Waals surface area contributed by atoms with Crippen molar-refractivity contribution in [2.45, 2.75) is 19.6 Å². The first-order chi connectivity index (χ1) is 21.6. The molecule has 3 aromatic heterocycles. The maximum Gasteiger partial charge on any atom is 0.416 e. The summed E-state index contributed by atoms with van der Waals surface area (Å²) in [4.78, 5) is 31.7. The second-order valence-electron chi connectivity index (χ2n) is 11.1. The number of halogens is 3. The molecule has 1 aliphatic rings. The van der Waals surface area contributed by atoms with Crippen molar-refractivity contribution < 1.29 is 18.0 Å². The van der Waals surface area contributed by atoms with Crippen LogP contribution in [0.4, 0.5) is 30.4 Å². The number of hydrogen-bond donors (Lipinski definition) is 2. The van der Waals surface area contributed by atoms with E-state index in [2.05, 4.69) is 37.6 Å². The summed E-state index contributed by atoms with van der Waals surface area (Å²) in [5.41, 5.74) is 2.31. The zero-order valence-electron chi connectivity index (χ0n) is 24.8. The van der Waals surface area contributed by atoms with Gasteiger partial charge in [-0.1, -0.05) is 12.1 Å². The molecule has 0 spiro atoms. The molecule has 1 amide bonds. The molecule has 0 radical (unpaired) electrons. The molecule has 0 atom stereocenters. The van der Waals surface area contributed by atoms with E-state index in [4.69, 9.17) is 9.97 Å². The molecule has 4 heterocycles. The minimum atomic E-state index is -4.52. The molecule has 0 saturated carbocycles. The molecule has 13 heteroatoms. The van der Waals surface area contributed by atoms with Crippen LogP contribution in [0.1, 0.15) is 21.5 Å². The van der Waals surface area contributed by atoms with Crippen LogP contribution >= 0.6 is 0 Å². The van der Waals surface area contributed by atoms with Crippen molar-refractivity contribution in [3.8, 4) is 11.4 Å². The van der Waals surface area contributed by atoms with Gasteiger partial charge in [-0.3, -0.25) is 14.7 Å². The van der Waals surface area contributed by atoms with Gasteiger partial charge in [0.1, 0.15) is 5.82 Å². The molecule has 6 rings (SSSR count). The zero-order valence-corrected chi connectivity index (χ0v) is 24.8. The Morgan fingerprint density at radius 1 is 0.956 bits per heavy atom. The molecular weight excluding hydrogens is 583 g/mol. The fraction of sp³-hybridized carbons (Fsp3) is 0.281. The van der Waals surface area contributed by atoms with Gasteiger partial charge in [-0.15, -0.1) is 0 Å². The molecule has 1 aliphatic heterocycles. The van der Waals surface area contributed by atoms with E-state index >= 15 is 0 Å². The number of rotatable bonds is 8. The number of likely N-dealkylation sites (N-methyl/N-ethyl adjacent to an activating group) is 1. The van der Waals surface area contributed by atoms with E-state index in [-0.39, 0.29) is 11.3 Å². The Hall–Kier alpha value is -4.88. The molecule has 45 heavy (non-hydrogen) atoms. The zero-order chi connectivity index (χ0) is 31.6. The van der Waals surface area contributed by atoms with Gasteiger partial charge in [0.05, 0.1) is 23.7 Å². The Morgan fingerprint density at radius 2 is 1.78 bits per heavy atom. The minimum absolute atomic E-state index is 0.0486. The summed E-state index contributed by atoms with van der Waals surface area (Å²) < 4.78 is 41.4. The largest absolute Gasteiger partial charge is 0.416 e. The van der Waals surface area contributed by atoms with E-state index in [1.54, 1.807) is 36.8 Å². The van der Waals surface area contributed by atoms with E-state index in [0.717, 1.165) is 56.0 Å². The molecule has 0 bridgehead atoms. The van der Waals surface area contributed by atoms with E-state index in [0.29, 0.717) is 34.9 Å². The SMILES string of the molecule is Cc1ccc(C(=O)Nc2cccc(C(F)(F)F)c2)cc1Nc1nc(-c2cccnc2)nc2c1cnn2CCN1CCN(C)CC1. The third-order valence-electron chi connectivity index (χ3n) is 7.84. The molecule has 5 aromatic rings. The summed E-state index contributed by atoms with van der Waals surface area (Å²) >= 11 is 0. The number of nitrogens with one attached hydrogen (secondary N) is 2. The summed E-state index contributed by atoms with van der Waals surface area (Å²) in [7, 11) is 2.13. The van der Waals surface area contributed by atoms with Crippen molar-refractivity contribution in [1.29, 1.82) is 0 Å². The van der Waals surface area contributed by atoms with Gasteiger partial charge in [0, 0.05) is 67.6 Å². The Balaban J connectivity index is 1.29. The quantitative estimate of drug-likeness (QED) is 0.237. The van der Waals surface area contributed by atoms with E-state index in [9.17, 15) is 18.0 Å². The number of hydrogen-bond acceptors (Lipinski definition) is 8. The number of carbonyl (C=O) groups excluding carboxylic acids is 1. The molecule has 0 unspecified atom stereocenters. The van der Waals surface area contributed by atoms with Crippen molar-refractivity contribution in [2.24, 2.45) is 0 Å². The van der Waals surface area contributed by atoms with Gasteiger partial charge < -0.3 is 15.5 Å². The van der Waals surface area contributed by atoms with Crippen molar-refractivity contribution in [3.63, 3.8) is 0 Å². The number of nitrogens with zero attached hydrogens (tertiary/aromatic N) is 7. The lowest BCUT2D eigenvalue weighted by molar-refractivity contribution is -0.137. The predicted octanol–water partition coefficient (Wildman–Crippen LogP) is 5.46. The first-order valence-corrected chi connectivity index (χ1v) is 14.6. The highest BCUT2D eigenvalue weighted by Crippen LogP contribution is 2.32. The van der Waals surface area contributed by atoms with Gasteiger partial charge >= 0.3 is 6.18 Å². The van der Waals surface area contributed by atoms with Crippen molar-refractivity contribution >= 4 is 34.1 Å². The van der Waals surface area contributed by atoms with Gasteiger partial charge in [-0.2, -0.15) is 18.3 Å². The van der Waals surface area contributed by atoms with Crippen LogP contribution in [0.2, 0.25) is 0 Å². The Kier molecular flexibility index (Phi) is 8.46. The molecule has 2 N–H and O–H groups in total. The third-order valence-corrected chi connectivity index (χ3v) is 7.84. The maximum absolute atomic E-state index is 13.2. The Labute approximate surface area is 257 Å². The Bertz CT molecular complexity index is 1820. The molecule has 0 aliphatic carbocycles. The summed E-state index contributed by atoms with van der Waals surface area (Å²) in [6.45, 7) is 7.42. The lowest BCUT2D eigenvalue weighted by Crippen LogP contribution is -2.45. The number of aromatic nitrogens is 5. The number of anilines is 3. The average Bonchev–Trinajstić information content (AvgIpc) is 3.45. The lowest BCUT2D eigenvalue weighted by Gasteiger charge is -2.32. The van der Waals surface area contributed by atoms with Crippen molar-refractivity contribution in [1.82, 2.24) is 34.5 Å². The minimum Gasteiger partial charge on any atom is -0.339 e. The second-order valence-corrected chi connectivity index (χ2v) is 11.1. The Morgan fingerprint density at radius 3 is 2.53 bits per heavy atom. The van der Waals surface area contributed by atoms with Crippen LogP contribution in [0, 0.1) is 6.92 Å². The van der Waals surface area contributed by atoms with Crippen LogP contribution in [0.15, 0.2) is 73.2 Å². The number of alkyl halides is 3. The lowest BCUT2D eigenvalue weighted by atomic mass is 10.1. The van der Waals surface area contributed by atoms with Crippen LogP contribution in [-0.2, 0) is 12.7 Å². The first kappa shape index (κ1) is 30.2. The van der Waals surface area contributed by atoms with Crippen LogP contribution in [-0.4, -0.2) is 80.2 Å². The van der Waals surface area contributed by atoms with E-state index < -0.39 is 17.6 Å².